The molecule has 0 nitrogen and oxygen atoms in total. The van der Waals surface area contributed by atoms with E-state index in [1.807, 2.05) is 0 Å². The predicted molar refractivity (Wildman–Crippen MR) is 53.1 cm³/mol. The first-order valence-corrected chi connectivity index (χ1v) is 15.4. The number of rotatable bonds is 0. The molecule has 0 aliphatic carbocycles. The first-order valence-electron chi connectivity index (χ1n) is 3.29. The minimum atomic E-state index is -1.13. The summed E-state index contributed by atoms with van der Waals surface area (Å²) < 4.78 is 0. The SMILES string of the molecule is C[Si]1(Cl)CC[Si](C)(Cl)[SiH2]1. The van der Waals surface area contributed by atoms with Crippen LogP contribution >= 0.6 is 22.2 Å². The fraction of sp³-hybridized carbons (Fsp3) is 1.00. The van der Waals surface area contributed by atoms with E-state index < -0.39 is 13.8 Å². The maximum absolute atomic E-state index is 6.30. The van der Waals surface area contributed by atoms with Gasteiger partial charge in [0.1, 0.15) is 13.8 Å². The molecule has 0 bridgehead atoms. The summed E-state index contributed by atoms with van der Waals surface area (Å²) in [6.45, 7) is 2.32. The molecule has 0 aromatic heterocycles. The Hall–Kier alpha value is 1.23. The van der Waals surface area contributed by atoms with Crippen molar-refractivity contribution >= 4 is 44.5 Å². The quantitative estimate of drug-likeness (QED) is 0.427. The van der Waals surface area contributed by atoms with Gasteiger partial charge < -0.3 is 0 Å². The zero-order valence-corrected chi connectivity index (χ0v) is 10.8. The van der Waals surface area contributed by atoms with E-state index in [2.05, 4.69) is 13.1 Å². The summed E-state index contributed by atoms with van der Waals surface area (Å²) in [6, 6.07) is 2.62. The average molecular weight is 215 g/mol. The molecule has 54 valence electrons. The molecule has 5 heteroatoms. The number of hydrogen-bond acceptors (Lipinski definition) is 0. The van der Waals surface area contributed by atoms with Crippen LogP contribution in [0.25, 0.3) is 0 Å². The van der Waals surface area contributed by atoms with Gasteiger partial charge in [-0.25, -0.2) is 0 Å². The molecule has 1 rings (SSSR count). The predicted octanol–water partition coefficient (Wildman–Crippen LogP) is 1.79. The molecule has 0 spiro atoms. The smallest absolute Gasteiger partial charge is 0.135 e. The number of hydrogen-bond donors (Lipinski definition) is 0. The monoisotopic (exact) mass is 214 g/mol. The van der Waals surface area contributed by atoms with Crippen molar-refractivity contribution in [3.8, 4) is 0 Å². The van der Waals surface area contributed by atoms with E-state index in [9.17, 15) is 0 Å². The molecule has 9 heavy (non-hydrogen) atoms. The largest absolute Gasteiger partial charge is 0.172 e. The molecule has 0 N–H and O–H groups in total. The highest BCUT2D eigenvalue weighted by Gasteiger charge is 2.44. The van der Waals surface area contributed by atoms with Crippen molar-refractivity contribution in [2.24, 2.45) is 0 Å². The number of halogens is 2. The summed E-state index contributed by atoms with van der Waals surface area (Å²) in [5, 5.41) is 0. The second-order valence-electron chi connectivity index (χ2n) is 3.50. The van der Waals surface area contributed by atoms with Crippen LogP contribution < -0.4 is 0 Å². The van der Waals surface area contributed by atoms with Crippen molar-refractivity contribution in [2.45, 2.75) is 25.2 Å². The first kappa shape index (κ1) is 8.33. The van der Waals surface area contributed by atoms with Crippen LogP contribution in [-0.4, -0.2) is 22.4 Å². The Labute approximate surface area is 69.8 Å². The highest BCUT2D eigenvalue weighted by molar-refractivity contribution is 7.74. The fourth-order valence-electron chi connectivity index (χ4n) is 1.47. The highest BCUT2D eigenvalue weighted by atomic mass is 35.6. The Balaban J connectivity index is 2.58. The van der Waals surface area contributed by atoms with E-state index in [-0.39, 0.29) is 8.55 Å². The minimum Gasteiger partial charge on any atom is -0.172 e. The van der Waals surface area contributed by atoms with E-state index in [0.29, 0.717) is 0 Å². The third-order valence-electron chi connectivity index (χ3n) is 1.90. The average Bonchev–Trinajstić information content (AvgIpc) is 1.78. The molecule has 1 fully saturated rings. The van der Waals surface area contributed by atoms with Crippen molar-refractivity contribution in [1.82, 2.24) is 0 Å². The zero-order valence-electron chi connectivity index (χ0n) is 5.88. The van der Waals surface area contributed by atoms with E-state index >= 15 is 0 Å². The summed E-state index contributed by atoms with van der Waals surface area (Å²) in [5.74, 6) is 0. The minimum absolute atomic E-state index is 0.00772. The molecule has 1 heterocycles. The van der Waals surface area contributed by atoms with Crippen molar-refractivity contribution in [3.05, 3.63) is 0 Å². The van der Waals surface area contributed by atoms with Crippen LogP contribution in [0.15, 0.2) is 0 Å². The summed E-state index contributed by atoms with van der Waals surface area (Å²) in [5.41, 5.74) is 0. The molecule has 0 radical (unpaired) electrons. The lowest BCUT2D eigenvalue weighted by Gasteiger charge is -2.11. The molecule has 0 amide bonds. The Morgan fingerprint density at radius 3 is 1.56 bits per heavy atom. The highest BCUT2D eigenvalue weighted by Crippen LogP contribution is 2.34. The van der Waals surface area contributed by atoms with Crippen LogP contribution in [0.1, 0.15) is 0 Å². The van der Waals surface area contributed by atoms with Crippen LogP contribution in [0.5, 0.6) is 0 Å². The molecular weight excluding hydrogens is 203 g/mol. The van der Waals surface area contributed by atoms with E-state index in [4.69, 9.17) is 22.2 Å². The van der Waals surface area contributed by atoms with Crippen LogP contribution in [-0.2, 0) is 0 Å². The van der Waals surface area contributed by atoms with Gasteiger partial charge in [0.2, 0.25) is 0 Å². The van der Waals surface area contributed by atoms with Gasteiger partial charge >= 0.3 is 0 Å². The summed E-state index contributed by atoms with van der Waals surface area (Å²) in [4.78, 5) is 0. The van der Waals surface area contributed by atoms with Gasteiger partial charge in [-0.3, -0.25) is 0 Å². The second kappa shape index (κ2) is 2.37. The Morgan fingerprint density at radius 1 is 1.11 bits per heavy atom. The summed E-state index contributed by atoms with van der Waals surface area (Å²) >= 11 is 12.6. The lowest BCUT2D eigenvalue weighted by atomic mass is 10.9. The van der Waals surface area contributed by atoms with Crippen LogP contribution in [0.2, 0.25) is 25.2 Å². The topological polar surface area (TPSA) is 0 Å². The van der Waals surface area contributed by atoms with Crippen LogP contribution in [0, 0.1) is 0 Å². The molecule has 1 saturated heterocycles. The zero-order chi connectivity index (χ0) is 7.12. The fourth-order valence-corrected chi connectivity index (χ4v) is 52.9. The summed E-state index contributed by atoms with van der Waals surface area (Å²) in [6.07, 6.45) is 0. The maximum Gasteiger partial charge on any atom is 0.135 e. The van der Waals surface area contributed by atoms with Crippen molar-refractivity contribution < 1.29 is 0 Å². The third-order valence-corrected chi connectivity index (χ3v) is 34.6. The third kappa shape index (κ3) is 2.38. The van der Waals surface area contributed by atoms with Gasteiger partial charge in [0, 0.05) is 8.55 Å². The Bertz CT molecular complexity index is 109. The van der Waals surface area contributed by atoms with Crippen molar-refractivity contribution in [2.75, 3.05) is 0 Å². The molecule has 2 atom stereocenters. The lowest BCUT2D eigenvalue weighted by molar-refractivity contribution is 1.40. The Morgan fingerprint density at radius 2 is 1.44 bits per heavy atom. The molecule has 1 aliphatic heterocycles. The molecule has 0 aromatic carbocycles. The van der Waals surface area contributed by atoms with Gasteiger partial charge in [0.25, 0.3) is 0 Å². The standard InChI is InChI=1S/C4H12Cl2Si3/c1-8(5)3-4-9(2,6)7-8/h3-4,7H2,1-2H3. The van der Waals surface area contributed by atoms with Crippen molar-refractivity contribution in [1.29, 1.82) is 0 Å². The van der Waals surface area contributed by atoms with Crippen LogP contribution in [0.4, 0.5) is 0 Å². The van der Waals surface area contributed by atoms with Gasteiger partial charge in [-0.15, -0.1) is 0 Å². The molecular formula is C4H12Cl2Si3. The van der Waals surface area contributed by atoms with Gasteiger partial charge in [0.05, 0.1) is 0 Å². The van der Waals surface area contributed by atoms with E-state index in [0.717, 1.165) is 0 Å². The van der Waals surface area contributed by atoms with Crippen molar-refractivity contribution in [3.63, 3.8) is 0 Å². The maximum atomic E-state index is 6.30. The lowest BCUT2D eigenvalue weighted by Crippen LogP contribution is -2.37. The van der Waals surface area contributed by atoms with Gasteiger partial charge in [-0.05, 0) is 12.1 Å². The molecule has 0 saturated carbocycles. The second-order valence-corrected chi connectivity index (χ2v) is 32.3. The summed E-state index contributed by atoms with van der Waals surface area (Å²) in [7, 11) is 0.00772. The van der Waals surface area contributed by atoms with Crippen LogP contribution in [0.3, 0.4) is 0 Å². The molecule has 2 unspecified atom stereocenters. The van der Waals surface area contributed by atoms with Gasteiger partial charge in [-0.2, -0.15) is 22.2 Å². The molecule has 0 aromatic rings. The normalized spacial score (nSPS) is 54.7. The Kier molecular flexibility index (Phi) is 2.20. The van der Waals surface area contributed by atoms with Gasteiger partial charge in [0.15, 0.2) is 0 Å². The molecule has 1 aliphatic rings. The van der Waals surface area contributed by atoms with Gasteiger partial charge in [-0.1, -0.05) is 13.1 Å². The van der Waals surface area contributed by atoms with E-state index in [1.54, 1.807) is 0 Å². The van der Waals surface area contributed by atoms with E-state index in [1.165, 1.54) is 12.1 Å². The first-order chi connectivity index (χ1) is 3.91.